The van der Waals surface area contributed by atoms with Crippen molar-refractivity contribution in [2.24, 2.45) is 0 Å². The predicted octanol–water partition coefficient (Wildman–Crippen LogP) is 3.25. The Kier molecular flexibility index (Phi) is 4.57. The summed E-state index contributed by atoms with van der Waals surface area (Å²) in [4.78, 5) is 21.1. The lowest BCUT2D eigenvalue weighted by Crippen LogP contribution is -2.06. The molecule has 1 N–H and O–H groups in total. The van der Waals surface area contributed by atoms with E-state index in [4.69, 9.17) is 9.84 Å². The monoisotopic (exact) mass is 303 g/mol. The number of methoxy groups -OCH3 is 1. The van der Waals surface area contributed by atoms with Crippen molar-refractivity contribution in [1.29, 1.82) is 0 Å². The van der Waals surface area contributed by atoms with E-state index in [0.29, 0.717) is 11.3 Å². The maximum atomic E-state index is 10.9. The van der Waals surface area contributed by atoms with Crippen molar-refractivity contribution in [2.45, 2.75) is 6.42 Å². The summed E-state index contributed by atoms with van der Waals surface area (Å²) < 4.78 is 9.90. The van der Waals surface area contributed by atoms with E-state index in [1.807, 2.05) is 0 Å². The third-order valence-electron chi connectivity index (χ3n) is 3.03. The molecule has 7 nitrogen and oxygen atoms in total. The standard InChI is InChI=1S/C15H13NO6/c1-21-13-5-3-2-4-10(13)8-11-9-12(16(19)20)6-7-14(11)22-15(17)18/h2-7,9H,8H2,1H3,(H,17,18). The topological polar surface area (TPSA) is 98.9 Å². The van der Waals surface area contributed by atoms with Gasteiger partial charge in [0, 0.05) is 24.1 Å². The number of nitrogens with zero attached hydrogens (tertiary/aromatic N) is 1. The molecule has 0 spiro atoms. The summed E-state index contributed by atoms with van der Waals surface area (Å²) in [5.74, 6) is 0.666. The molecule has 0 amide bonds. The van der Waals surface area contributed by atoms with Crippen LogP contribution in [-0.2, 0) is 6.42 Å². The Morgan fingerprint density at radius 2 is 1.91 bits per heavy atom. The molecule has 0 aliphatic rings. The van der Waals surface area contributed by atoms with Crippen molar-refractivity contribution in [3.05, 3.63) is 63.7 Å². The van der Waals surface area contributed by atoms with Gasteiger partial charge in [0.1, 0.15) is 11.5 Å². The summed E-state index contributed by atoms with van der Waals surface area (Å²) in [6.45, 7) is 0. The third kappa shape index (κ3) is 3.51. The summed E-state index contributed by atoms with van der Waals surface area (Å²) >= 11 is 0. The molecular weight excluding hydrogens is 290 g/mol. The molecule has 114 valence electrons. The Labute approximate surface area is 125 Å². The van der Waals surface area contributed by atoms with Gasteiger partial charge < -0.3 is 14.6 Å². The first-order valence-electron chi connectivity index (χ1n) is 6.31. The van der Waals surface area contributed by atoms with Crippen LogP contribution in [0.1, 0.15) is 11.1 Å². The first-order chi connectivity index (χ1) is 10.5. The van der Waals surface area contributed by atoms with Crippen LogP contribution in [0.15, 0.2) is 42.5 Å². The van der Waals surface area contributed by atoms with Gasteiger partial charge in [-0.1, -0.05) is 18.2 Å². The van der Waals surface area contributed by atoms with Gasteiger partial charge in [-0.3, -0.25) is 10.1 Å². The maximum absolute atomic E-state index is 10.9. The predicted molar refractivity (Wildman–Crippen MR) is 77.5 cm³/mol. The van der Waals surface area contributed by atoms with Crippen LogP contribution in [0, 0.1) is 10.1 Å². The second-order valence-corrected chi connectivity index (χ2v) is 4.41. The molecule has 0 aliphatic heterocycles. The van der Waals surface area contributed by atoms with Crippen LogP contribution in [0.2, 0.25) is 0 Å². The number of hydrogen-bond acceptors (Lipinski definition) is 5. The van der Waals surface area contributed by atoms with Gasteiger partial charge in [-0.15, -0.1) is 0 Å². The fraction of sp³-hybridized carbons (Fsp3) is 0.133. The molecule has 2 rings (SSSR count). The van der Waals surface area contributed by atoms with E-state index < -0.39 is 11.1 Å². The summed E-state index contributed by atoms with van der Waals surface area (Å²) in [5, 5.41) is 19.6. The fourth-order valence-electron chi connectivity index (χ4n) is 2.07. The Morgan fingerprint density at radius 1 is 1.18 bits per heavy atom. The van der Waals surface area contributed by atoms with Crippen molar-refractivity contribution >= 4 is 11.8 Å². The van der Waals surface area contributed by atoms with Crippen LogP contribution >= 0.6 is 0 Å². The van der Waals surface area contributed by atoms with Crippen molar-refractivity contribution < 1.29 is 24.3 Å². The van der Waals surface area contributed by atoms with Gasteiger partial charge in [-0.2, -0.15) is 0 Å². The first-order valence-corrected chi connectivity index (χ1v) is 6.31. The second-order valence-electron chi connectivity index (χ2n) is 4.41. The van der Waals surface area contributed by atoms with Crippen LogP contribution in [0.5, 0.6) is 11.5 Å². The van der Waals surface area contributed by atoms with Crippen molar-refractivity contribution in [1.82, 2.24) is 0 Å². The molecule has 0 bridgehead atoms. The minimum absolute atomic E-state index is 0.0593. The molecule has 0 saturated heterocycles. The highest BCUT2D eigenvalue weighted by atomic mass is 16.7. The average molecular weight is 303 g/mol. The molecule has 0 fully saturated rings. The zero-order chi connectivity index (χ0) is 16.1. The Hall–Kier alpha value is -3.09. The highest BCUT2D eigenvalue weighted by molar-refractivity contribution is 5.63. The number of non-ortho nitro benzene ring substituents is 1. The van der Waals surface area contributed by atoms with E-state index >= 15 is 0 Å². The summed E-state index contributed by atoms with van der Waals surface area (Å²) in [5.41, 5.74) is 1.02. The van der Waals surface area contributed by atoms with Crippen LogP contribution in [0.4, 0.5) is 10.5 Å². The summed E-state index contributed by atoms with van der Waals surface area (Å²) in [6, 6.07) is 10.9. The van der Waals surface area contributed by atoms with E-state index in [0.717, 1.165) is 5.56 Å². The van der Waals surface area contributed by atoms with Crippen LogP contribution in [-0.4, -0.2) is 23.3 Å². The van der Waals surface area contributed by atoms with Crippen molar-refractivity contribution in [3.8, 4) is 11.5 Å². The number of ether oxygens (including phenoxy) is 2. The highest BCUT2D eigenvalue weighted by Crippen LogP contribution is 2.29. The van der Waals surface area contributed by atoms with Gasteiger partial charge in [-0.05, 0) is 17.7 Å². The van der Waals surface area contributed by atoms with E-state index in [-0.39, 0.29) is 17.9 Å². The Morgan fingerprint density at radius 3 is 2.55 bits per heavy atom. The molecular formula is C15H13NO6. The number of nitro groups is 1. The molecule has 0 saturated carbocycles. The van der Waals surface area contributed by atoms with E-state index in [1.165, 1.54) is 25.3 Å². The Bertz CT molecular complexity index is 713. The second kappa shape index (κ2) is 6.57. The zero-order valence-electron chi connectivity index (χ0n) is 11.7. The highest BCUT2D eigenvalue weighted by Gasteiger charge is 2.15. The third-order valence-corrected chi connectivity index (χ3v) is 3.03. The van der Waals surface area contributed by atoms with Crippen LogP contribution in [0.3, 0.4) is 0 Å². The number of para-hydroxylation sites is 1. The Balaban J connectivity index is 2.44. The van der Waals surface area contributed by atoms with Crippen molar-refractivity contribution in [3.63, 3.8) is 0 Å². The van der Waals surface area contributed by atoms with E-state index in [1.54, 1.807) is 24.3 Å². The van der Waals surface area contributed by atoms with Gasteiger partial charge in [0.05, 0.1) is 12.0 Å². The van der Waals surface area contributed by atoms with E-state index in [9.17, 15) is 14.9 Å². The average Bonchev–Trinajstić information content (AvgIpc) is 2.49. The molecule has 2 aromatic rings. The SMILES string of the molecule is COc1ccccc1Cc1cc([N+](=O)[O-])ccc1OC(=O)O. The molecule has 0 unspecified atom stereocenters. The van der Waals surface area contributed by atoms with Crippen LogP contribution < -0.4 is 9.47 Å². The molecule has 0 aromatic heterocycles. The summed E-state index contributed by atoms with van der Waals surface area (Å²) in [7, 11) is 1.51. The number of benzene rings is 2. The fourth-order valence-corrected chi connectivity index (χ4v) is 2.07. The molecule has 2 aromatic carbocycles. The molecule has 0 heterocycles. The van der Waals surface area contributed by atoms with Crippen LogP contribution in [0.25, 0.3) is 0 Å². The smallest absolute Gasteiger partial charge is 0.496 e. The number of nitro benzene ring substituents is 1. The van der Waals surface area contributed by atoms with Crippen molar-refractivity contribution in [2.75, 3.05) is 7.11 Å². The quantitative estimate of drug-likeness (QED) is 0.394. The van der Waals surface area contributed by atoms with Gasteiger partial charge >= 0.3 is 6.16 Å². The number of rotatable bonds is 5. The largest absolute Gasteiger partial charge is 0.511 e. The zero-order valence-corrected chi connectivity index (χ0v) is 11.7. The van der Waals surface area contributed by atoms with Gasteiger partial charge in [0.2, 0.25) is 0 Å². The molecule has 7 heteroatoms. The van der Waals surface area contributed by atoms with Gasteiger partial charge in [0.15, 0.2) is 0 Å². The van der Waals surface area contributed by atoms with Gasteiger partial charge in [-0.25, -0.2) is 4.79 Å². The van der Waals surface area contributed by atoms with E-state index in [2.05, 4.69) is 4.74 Å². The number of carboxylic acid groups (broad SMARTS) is 1. The molecule has 0 aliphatic carbocycles. The lowest BCUT2D eigenvalue weighted by molar-refractivity contribution is -0.384. The molecule has 22 heavy (non-hydrogen) atoms. The number of hydrogen-bond donors (Lipinski definition) is 1. The number of carbonyl (C=O) groups is 1. The molecule has 0 atom stereocenters. The van der Waals surface area contributed by atoms with Gasteiger partial charge in [0.25, 0.3) is 5.69 Å². The normalized spacial score (nSPS) is 10.0. The maximum Gasteiger partial charge on any atom is 0.511 e. The minimum Gasteiger partial charge on any atom is -0.496 e. The molecule has 0 radical (unpaired) electrons. The minimum atomic E-state index is -1.48. The first kappa shape index (κ1) is 15.3. The summed E-state index contributed by atoms with van der Waals surface area (Å²) in [6.07, 6.45) is -1.23. The lowest BCUT2D eigenvalue weighted by atomic mass is 10.0. The lowest BCUT2D eigenvalue weighted by Gasteiger charge is -2.11.